The van der Waals surface area contributed by atoms with Gasteiger partial charge in [0.2, 0.25) is 0 Å². The standard InChI is InChI=1S/C12H15N3S/c1-2-9-3-5-10(6-4-9)11-8-16-12(15-11)7-14-13/h3-6,8,14H,2,7,13H2,1H3. The van der Waals surface area contributed by atoms with E-state index in [-0.39, 0.29) is 0 Å². The van der Waals surface area contributed by atoms with Crippen molar-refractivity contribution < 1.29 is 0 Å². The Hall–Kier alpha value is -1.23. The van der Waals surface area contributed by atoms with Crippen LogP contribution in [0.25, 0.3) is 11.3 Å². The highest BCUT2D eigenvalue weighted by Gasteiger charge is 2.03. The van der Waals surface area contributed by atoms with Crippen LogP contribution in [0.1, 0.15) is 17.5 Å². The maximum absolute atomic E-state index is 5.26. The van der Waals surface area contributed by atoms with Gasteiger partial charge in [-0.05, 0) is 12.0 Å². The maximum Gasteiger partial charge on any atom is 0.108 e. The molecule has 16 heavy (non-hydrogen) atoms. The molecule has 3 N–H and O–H groups in total. The van der Waals surface area contributed by atoms with Gasteiger partial charge in [0.25, 0.3) is 0 Å². The van der Waals surface area contributed by atoms with Gasteiger partial charge in [0.15, 0.2) is 0 Å². The highest BCUT2D eigenvalue weighted by atomic mass is 32.1. The van der Waals surface area contributed by atoms with Gasteiger partial charge in [-0.15, -0.1) is 11.3 Å². The molecular weight excluding hydrogens is 218 g/mol. The molecule has 0 bridgehead atoms. The number of hydrogen-bond acceptors (Lipinski definition) is 4. The van der Waals surface area contributed by atoms with Gasteiger partial charge in [0.1, 0.15) is 5.01 Å². The fourth-order valence-electron chi connectivity index (χ4n) is 1.52. The zero-order valence-corrected chi connectivity index (χ0v) is 10.1. The maximum atomic E-state index is 5.26. The summed E-state index contributed by atoms with van der Waals surface area (Å²) < 4.78 is 0. The molecule has 1 aromatic heterocycles. The summed E-state index contributed by atoms with van der Waals surface area (Å²) in [6.07, 6.45) is 1.07. The van der Waals surface area contributed by atoms with E-state index in [9.17, 15) is 0 Å². The molecule has 0 aliphatic rings. The van der Waals surface area contributed by atoms with Crippen LogP contribution in [-0.2, 0) is 13.0 Å². The van der Waals surface area contributed by atoms with Crippen LogP contribution in [-0.4, -0.2) is 4.98 Å². The minimum atomic E-state index is 0.623. The summed E-state index contributed by atoms with van der Waals surface area (Å²) in [4.78, 5) is 4.50. The number of hydrogen-bond donors (Lipinski definition) is 2. The zero-order valence-electron chi connectivity index (χ0n) is 9.23. The number of rotatable bonds is 4. The van der Waals surface area contributed by atoms with Crippen LogP contribution in [0.4, 0.5) is 0 Å². The Morgan fingerprint density at radius 3 is 2.69 bits per heavy atom. The monoisotopic (exact) mass is 233 g/mol. The number of hydrazine groups is 1. The molecule has 0 radical (unpaired) electrons. The molecule has 0 aliphatic heterocycles. The molecule has 3 nitrogen and oxygen atoms in total. The smallest absolute Gasteiger partial charge is 0.108 e. The molecule has 2 aromatic rings. The first-order chi connectivity index (χ1) is 7.83. The summed E-state index contributed by atoms with van der Waals surface area (Å²) >= 11 is 1.63. The van der Waals surface area contributed by atoms with Crippen LogP contribution in [0, 0.1) is 0 Å². The van der Waals surface area contributed by atoms with Gasteiger partial charge in [0.05, 0.1) is 12.2 Å². The quantitative estimate of drug-likeness (QED) is 0.629. The van der Waals surface area contributed by atoms with E-state index in [0.29, 0.717) is 6.54 Å². The molecule has 0 spiro atoms. The molecule has 4 heteroatoms. The fraction of sp³-hybridized carbons (Fsp3) is 0.250. The first-order valence-corrected chi connectivity index (χ1v) is 6.18. The molecule has 0 atom stereocenters. The van der Waals surface area contributed by atoms with E-state index in [1.54, 1.807) is 11.3 Å². The van der Waals surface area contributed by atoms with Gasteiger partial charge in [-0.25, -0.2) is 4.98 Å². The summed E-state index contributed by atoms with van der Waals surface area (Å²) in [5.74, 6) is 5.26. The van der Waals surface area contributed by atoms with Crippen molar-refractivity contribution in [3.8, 4) is 11.3 Å². The minimum absolute atomic E-state index is 0.623. The van der Waals surface area contributed by atoms with E-state index in [4.69, 9.17) is 5.84 Å². The average molecular weight is 233 g/mol. The Morgan fingerprint density at radius 1 is 1.31 bits per heavy atom. The summed E-state index contributed by atoms with van der Waals surface area (Å²) in [5.41, 5.74) is 6.15. The Balaban J connectivity index is 2.21. The van der Waals surface area contributed by atoms with Crippen molar-refractivity contribution in [1.82, 2.24) is 10.4 Å². The molecular formula is C12H15N3S. The Bertz CT molecular complexity index is 448. The lowest BCUT2D eigenvalue weighted by atomic mass is 10.1. The predicted molar refractivity (Wildman–Crippen MR) is 68.0 cm³/mol. The summed E-state index contributed by atoms with van der Waals surface area (Å²) in [6.45, 7) is 2.78. The second kappa shape index (κ2) is 5.21. The molecule has 1 aromatic carbocycles. The Labute approximate surface area is 99.3 Å². The van der Waals surface area contributed by atoms with Gasteiger partial charge in [-0.1, -0.05) is 31.2 Å². The third-order valence-electron chi connectivity index (χ3n) is 2.46. The van der Waals surface area contributed by atoms with E-state index in [0.717, 1.165) is 22.7 Å². The highest BCUT2D eigenvalue weighted by molar-refractivity contribution is 7.09. The molecule has 84 valence electrons. The van der Waals surface area contributed by atoms with E-state index in [2.05, 4.69) is 47.0 Å². The van der Waals surface area contributed by atoms with Gasteiger partial charge in [0, 0.05) is 10.9 Å². The van der Waals surface area contributed by atoms with Gasteiger partial charge in [-0.2, -0.15) is 0 Å². The molecule has 1 heterocycles. The fourth-order valence-corrected chi connectivity index (χ4v) is 2.28. The number of benzene rings is 1. The number of aromatic nitrogens is 1. The van der Waals surface area contributed by atoms with E-state index in [1.807, 2.05) is 0 Å². The minimum Gasteiger partial charge on any atom is -0.271 e. The van der Waals surface area contributed by atoms with E-state index < -0.39 is 0 Å². The van der Waals surface area contributed by atoms with Crippen molar-refractivity contribution >= 4 is 11.3 Å². The molecule has 0 aliphatic carbocycles. The SMILES string of the molecule is CCc1ccc(-c2csc(CNN)n2)cc1. The highest BCUT2D eigenvalue weighted by Crippen LogP contribution is 2.22. The summed E-state index contributed by atoms with van der Waals surface area (Å²) in [6, 6.07) is 8.53. The average Bonchev–Trinajstić information content (AvgIpc) is 2.78. The Morgan fingerprint density at radius 2 is 2.06 bits per heavy atom. The molecule has 2 rings (SSSR count). The number of aryl methyl sites for hydroxylation is 1. The second-order valence-electron chi connectivity index (χ2n) is 3.56. The molecule has 0 saturated carbocycles. The van der Waals surface area contributed by atoms with Crippen molar-refractivity contribution in [2.24, 2.45) is 5.84 Å². The number of nitrogens with two attached hydrogens (primary N) is 1. The van der Waals surface area contributed by atoms with Gasteiger partial charge in [-0.3, -0.25) is 11.3 Å². The lowest BCUT2D eigenvalue weighted by Gasteiger charge is -1.99. The molecule has 0 amide bonds. The summed E-state index contributed by atoms with van der Waals surface area (Å²) in [7, 11) is 0. The number of nitrogens with one attached hydrogen (secondary N) is 1. The van der Waals surface area contributed by atoms with Crippen molar-refractivity contribution in [1.29, 1.82) is 0 Å². The summed E-state index contributed by atoms with van der Waals surface area (Å²) in [5, 5.41) is 3.07. The Kier molecular flexibility index (Phi) is 3.66. The molecule has 0 unspecified atom stereocenters. The number of thiazole rings is 1. The predicted octanol–water partition coefficient (Wildman–Crippen LogP) is 2.34. The van der Waals surface area contributed by atoms with Crippen LogP contribution in [0.3, 0.4) is 0 Å². The second-order valence-corrected chi connectivity index (χ2v) is 4.50. The topological polar surface area (TPSA) is 50.9 Å². The van der Waals surface area contributed by atoms with Gasteiger partial charge >= 0.3 is 0 Å². The van der Waals surface area contributed by atoms with E-state index in [1.165, 1.54) is 5.56 Å². The van der Waals surface area contributed by atoms with Crippen molar-refractivity contribution in [3.63, 3.8) is 0 Å². The normalized spacial score (nSPS) is 10.6. The zero-order chi connectivity index (χ0) is 11.4. The molecule has 0 fully saturated rings. The third-order valence-corrected chi connectivity index (χ3v) is 3.31. The van der Waals surface area contributed by atoms with Crippen molar-refractivity contribution in [3.05, 3.63) is 40.2 Å². The van der Waals surface area contributed by atoms with Crippen LogP contribution in [0.15, 0.2) is 29.6 Å². The lowest BCUT2D eigenvalue weighted by Crippen LogP contribution is -2.20. The van der Waals surface area contributed by atoms with Crippen LogP contribution in [0.2, 0.25) is 0 Å². The lowest BCUT2D eigenvalue weighted by molar-refractivity contribution is 0.737. The van der Waals surface area contributed by atoms with Crippen molar-refractivity contribution in [2.45, 2.75) is 19.9 Å². The first-order valence-electron chi connectivity index (χ1n) is 5.30. The van der Waals surface area contributed by atoms with Crippen LogP contribution >= 0.6 is 11.3 Å². The van der Waals surface area contributed by atoms with E-state index >= 15 is 0 Å². The number of nitrogens with zero attached hydrogens (tertiary/aromatic N) is 1. The van der Waals surface area contributed by atoms with Crippen molar-refractivity contribution in [2.75, 3.05) is 0 Å². The van der Waals surface area contributed by atoms with Gasteiger partial charge < -0.3 is 0 Å². The third kappa shape index (κ3) is 2.47. The van der Waals surface area contributed by atoms with Crippen LogP contribution in [0.5, 0.6) is 0 Å². The van der Waals surface area contributed by atoms with Crippen LogP contribution < -0.4 is 11.3 Å². The molecule has 0 saturated heterocycles. The first kappa shape index (κ1) is 11.3. The largest absolute Gasteiger partial charge is 0.271 e.